The molecule has 2 heteroatoms. The molecule has 0 spiro atoms. The van der Waals surface area contributed by atoms with E-state index >= 15 is 0 Å². The number of aliphatic hydroxyl groups is 1. The highest BCUT2D eigenvalue weighted by atomic mass is 16.5. The molecule has 2 nitrogen and oxygen atoms in total. The molecule has 1 saturated carbocycles. The zero-order valence-corrected chi connectivity index (χ0v) is 6.55. The predicted octanol–water partition coefficient (Wildman–Crippen LogP) is 1.33. The summed E-state index contributed by atoms with van der Waals surface area (Å²) in [6.45, 7) is 2.70. The van der Waals surface area contributed by atoms with Crippen molar-refractivity contribution < 1.29 is 9.84 Å². The van der Waals surface area contributed by atoms with Gasteiger partial charge in [0.25, 0.3) is 0 Å². The van der Waals surface area contributed by atoms with Gasteiger partial charge in [-0.05, 0) is 19.8 Å². The predicted molar refractivity (Wildman–Crippen MR) is 39.9 cm³/mol. The number of ether oxygens (including phenoxy) is 1. The Morgan fingerprint density at radius 1 is 1.40 bits per heavy atom. The summed E-state index contributed by atoms with van der Waals surface area (Å²) in [5.41, 5.74) is 0. The van der Waals surface area contributed by atoms with Gasteiger partial charge in [0.2, 0.25) is 0 Å². The Morgan fingerprint density at radius 3 is 2.70 bits per heavy atom. The second kappa shape index (κ2) is 3.94. The van der Waals surface area contributed by atoms with Gasteiger partial charge in [-0.3, -0.25) is 0 Å². The summed E-state index contributed by atoms with van der Waals surface area (Å²) >= 11 is 0. The van der Waals surface area contributed by atoms with E-state index in [1.807, 2.05) is 6.92 Å². The van der Waals surface area contributed by atoms with Crippen LogP contribution in [0.1, 0.15) is 32.6 Å². The highest BCUT2D eigenvalue weighted by Crippen LogP contribution is 2.20. The van der Waals surface area contributed by atoms with Crippen LogP contribution in [-0.4, -0.2) is 23.9 Å². The Bertz CT molecular complexity index is 91.3. The van der Waals surface area contributed by atoms with Crippen LogP contribution in [-0.2, 0) is 4.74 Å². The molecule has 60 valence electrons. The van der Waals surface area contributed by atoms with Crippen LogP contribution in [0.5, 0.6) is 0 Å². The molecule has 2 atom stereocenters. The van der Waals surface area contributed by atoms with E-state index in [0.29, 0.717) is 0 Å². The van der Waals surface area contributed by atoms with Crippen molar-refractivity contribution in [1.29, 1.82) is 0 Å². The average Bonchev–Trinajstić information content (AvgIpc) is 1.94. The van der Waals surface area contributed by atoms with Crippen molar-refractivity contribution in [3.63, 3.8) is 0 Å². The molecule has 1 aliphatic carbocycles. The number of rotatable bonds is 2. The molecule has 0 bridgehead atoms. The van der Waals surface area contributed by atoms with E-state index in [1.54, 1.807) is 0 Å². The third-order valence-electron chi connectivity index (χ3n) is 2.05. The van der Waals surface area contributed by atoms with Gasteiger partial charge in [0.15, 0.2) is 0 Å². The molecule has 2 unspecified atom stereocenters. The highest BCUT2D eigenvalue weighted by Gasteiger charge is 2.22. The van der Waals surface area contributed by atoms with Crippen molar-refractivity contribution >= 4 is 0 Å². The highest BCUT2D eigenvalue weighted by molar-refractivity contribution is 4.74. The van der Waals surface area contributed by atoms with Crippen LogP contribution >= 0.6 is 0 Å². The first-order chi connectivity index (χ1) is 4.84. The summed E-state index contributed by atoms with van der Waals surface area (Å²) in [4.78, 5) is 0. The standard InChI is InChI=1S/C8H16O2/c1-2-10-8-6-4-3-5-7(8)9/h7-9H,2-6H2,1H3. The van der Waals surface area contributed by atoms with Crippen LogP contribution in [0, 0.1) is 0 Å². The maximum absolute atomic E-state index is 9.38. The van der Waals surface area contributed by atoms with E-state index in [0.717, 1.165) is 25.9 Å². The Hall–Kier alpha value is -0.0800. The lowest BCUT2D eigenvalue weighted by molar-refractivity contribution is -0.0542. The van der Waals surface area contributed by atoms with E-state index < -0.39 is 0 Å². The molecule has 0 amide bonds. The molecule has 0 saturated heterocycles. The van der Waals surface area contributed by atoms with E-state index in [9.17, 15) is 5.11 Å². The molecule has 1 aliphatic rings. The lowest BCUT2D eigenvalue weighted by atomic mass is 9.95. The lowest BCUT2D eigenvalue weighted by Crippen LogP contribution is -2.32. The van der Waals surface area contributed by atoms with Crippen LogP contribution in [0.15, 0.2) is 0 Å². The molecule has 1 fully saturated rings. The van der Waals surface area contributed by atoms with Gasteiger partial charge in [0.05, 0.1) is 12.2 Å². The van der Waals surface area contributed by atoms with Crippen LogP contribution in [0.4, 0.5) is 0 Å². The van der Waals surface area contributed by atoms with Crippen molar-refractivity contribution in [3.8, 4) is 0 Å². The largest absolute Gasteiger partial charge is 0.390 e. The van der Waals surface area contributed by atoms with Crippen molar-refractivity contribution in [3.05, 3.63) is 0 Å². The molecule has 0 aromatic rings. The summed E-state index contributed by atoms with van der Waals surface area (Å²) in [5, 5.41) is 9.38. The van der Waals surface area contributed by atoms with Gasteiger partial charge in [-0.25, -0.2) is 0 Å². The molecule has 0 radical (unpaired) electrons. The minimum atomic E-state index is -0.200. The molecule has 0 heterocycles. The zero-order chi connectivity index (χ0) is 7.40. The molecule has 1 N–H and O–H groups in total. The topological polar surface area (TPSA) is 29.5 Å². The third-order valence-corrected chi connectivity index (χ3v) is 2.05. The van der Waals surface area contributed by atoms with E-state index in [1.165, 1.54) is 6.42 Å². The molecule has 10 heavy (non-hydrogen) atoms. The Kier molecular flexibility index (Phi) is 3.16. The van der Waals surface area contributed by atoms with Crippen LogP contribution < -0.4 is 0 Å². The Morgan fingerprint density at radius 2 is 2.10 bits per heavy atom. The molecule has 0 aliphatic heterocycles. The first-order valence-electron chi connectivity index (χ1n) is 4.14. The second-order valence-corrected chi connectivity index (χ2v) is 2.85. The van der Waals surface area contributed by atoms with E-state index in [4.69, 9.17) is 4.74 Å². The van der Waals surface area contributed by atoms with Crippen LogP contribution in [0.2, 0.25) is 0 Å². The SMILES string of the molecule is CCOC1CCCCC1O. The van der Waals surface area contributed by atoms with Crippen molar-refractivity contribution in [2.24, 2.45) is 0 Å². The summed E-state index contributed by atoms with van der Waals surface area (Å²) < 4.78 is 5.35. The Balaban J connectivity index is 2.25. The minimum Gasteiger partial charge on any atom is -0.390 e. The van der Waals surface area contributed by atoms with Crippen molar-refractivity contribution in [2.45, 2.75) is 44.8 Å². The summed E-state index contributed by atoms with van der Waals surface area (Å²) in [6.07, 6.45) is 4.25. The minimum absolute atomic E-state index is 0.124. The van der Waals surface area contributed by atoms with Gasteiger partial charge in [0.1, 0.15) is 0 Å². The van der Waals surface area contributed by atoms with Crippen LogP contribution in [0.25, 0.3) is 0 Å². The fraction of sp³-hybridized carbons (Fsp3) is 1.00. The normalized spacial score (nSPS) is 34.2. The van der Waals surface area contributed by atoms with Gasteiger partial charge >= 0.3 is 0 Å². The maximum Gasteiger partial charge on any atom is 0.0833 e. The fourth-order valence-corrected chi connectivity index (χ4v) is 1.49. The zero-order valence-electron chi connectivity index (χ0n) is 6.55. The van der Waals surface area contributed by atoms with Crippen molar-refractivity contribution in [1.82, 2.24) is 0 Å². The average molecular weight is 144 g/mol. The van der Waals surface area contributed by atoms with Gasteiger partial charge in [-0.15, -0.1) is 0 Å². The van der Waals surface area contributed by atoms with Gasteiger partial charge < -0.3 is 9.84 Å². The summed E-state index contributed by atoms with van der Waals surface area (Å²) in [5.74, 6) is 0. The first-order valence-corrected chi connectivity index (χ1v) is 4.14. The quantitative estimate of drug-likeness (QED) is 0.633. The lowest BCUT2D eigenvalue weighted by Gasteiger charge is -2.26. The van der Waals surface area contributed by atoms with Gasteiger partial charge in [-0.2, -0.15) is 0 Å². The van der Waals surface area contributed by atoms with Gasteiger partial charge in [0, 0.05) is 6.61 Å². The maximum atomic E-state index is 9.38. The molecule has 0 aromatic heterocycles. The molecular formula is C8H16O2. The summed E-state index contributed by atoms with van der Waals surface area (Å²) in [7, 11) is 0. The van der Waals surface area contributed by atoms with E-state index in [2.05, 4.69) is 0 Å². The number of aliphatic hydroxyl groups excluding tert-OH is 1. The van der Waals surface area contributed by atoms with Gasteiger partial charge in [-0.1, -0.05) is 12.8 Å². The second-order valence-electron chi connectivity index (χ2n) is 2.85. The van der Waals surface area contributed by atoms with Crippen LogP contribution in [0.3, 0.4) is 0 Å². The smallest absolute Gasteiger partial charge is 0.0833 e. The van der Waals surface area contributed by atoms with Crippen molar-refractivity contribution in [2.75, 3.05) is 6.61 Å². The molecular weight excluding hydrogens is 128 g/mol. The monoisotopic (exact) mass is 144 g/mol. The Labute approximate surface area is 62.2 Å². The number of hydrogen-bond acceptors (Lipinski definition) is 2. The summed E-state index contributed by atoms with van der Waals surface area (Å²) in [6, 6.07) is 0. The molecule has 1 rings (SSSR count). The molecule has 0 aromatic carbocycles. The fourth-order valence-electron chi connectivity index (χ4n) is 1.49. The number of hydrogen-bond donors (Lipinski definition) is 1. The van der Waals surface area contributed by atoms with E-state index in [-0.39, 0.29) is 12.2 Å². The third kappa shape index (κ3) is 1.96. The first kappa shape index (κ1) is 8.02.